The number of piperidine rings is 1. The molecule has 1 atom stereocenters. The molecule has 4 nitrogen and oxygen atoms in total. The van der Waals surface area contributed by atoms with E-state index in [2.05, 4.69) is 5.32 Å². The highest BCUT2D eigenvalue weighted by atomic mass is 32.2. The number of sulfonamides is 1. The Morgan fingerprint density at radius 2 is 2.14 bits per heavy atom. The van der Waals surface area contributed by atoms with E-state index in [1.165, 1.54) is 10.7 Å². The van der Waals surface area contributed by atoms with Crippen molar-refractivity contribution in [2.24, 2.45) is 0 Å². The van der Waals surface area contributed by atoms with Crippen LogP contribution in [0.3, 0.4) is 0 Å². The zero-order valence-electron chi connectivity index (χ0n) is 8.99. The third-order valence-electron chi connectivity index (χ3n) is 2.74. The topological polar surface area (TPSA) is 49.4 Å². The van der Waals surface area contributed by atoms with Crippen molar-refractivity contribution < 1.29 is 8.42 Å². The van der Waals surface area contributed by atoms with Gasteiger partial charge in [-0.25, -0.2) is 12.7 Å². The van der Waals surface area contributed by atoms with Gasteiger partial charge in [0.2, 0.25) is 10.0 Å². The average molecular weight is 220 g/mol. The molecule has 0 amide bonds. The van der Waals surface area contributed by atoms with Gasteiger partial charge in [-0.05, 0) is 19.4 Å². The lowest BCUT2D eigenvalue weighted by Gasteiger charge is -2.25. The molecule has 0 saturated carbocycles. The molecule has 1 fully saturated rings. The molecule has 5 heteroatoms. The van der Waals surface area contributed by atoms with Gasteiger partial charge in [-0.2, -0.15) is 0 Å². The van der Waals surface area contributed by atoms with Crippen LogP contribution >= 0.6 is 0 Å². The monoisotopic (exact) mass is 220 g/mol. The van der Waals surface area contributed by atoms with Crippen molar-refractivity contribution >= 4 is 10.0 Å². The Labute approximate surface area is 86.7 Å². The minimum Gasteiger partial charge on any atom is -0.313 e. The molecule has 0 bridgehead atoms. The van der Waals surface area contributed by atoms with Crippen LogP contribution in [0.4, 0.5) is 0 Å². The number of hydrogen-bond donors (Lipinski definition) is 1. The first kappa shape index (κ1) is 11.9. The zero-order chi connectivity index (χ0) is 10.6. The van der Waals surface area contributed by atoms with E-state index in [4.69, 9.17) is 0 Å². The fraction of sp³-hybridized carbons (Fsp3) is 1.00. The molecule has 84 valence electrons. The summed E-state index contributed by atoms with van der Waals surface area (Å²) in [4.78, 5) is 0. The van der Waals surface area contributed by atoms with Gasteiger partial charge in [0.25, 0.3) is 0 Å². The third kappa shape index (κ3) is 3.22. The summed E-state index contributed by atoms with van der Waals surface area (Å²) in [5.41, 5.74) is 0. The minimum atomic E-state index is -3.04. The van der Waals surface area contributed by atoms with Crippen LogP contribution in [0.15, 0.2) is 0 Å². The van der Waals surface area contributed by atoms with E-state index in [-0.39, 0.29) is 11.8 Å². The summed E-state index contributed by atoms with van der Waals surface area (Å²) in [6, 6.07) is 0.155. The molecule has 1 rings (SSSR count). The summed E-state index contributed by atoms with van der Waals surface area (Å²) in [6.07, 6.45) is 3.29. The van der Waals surface area contributed by atoms with Crippen molar-refractivity contribution in [1.29, 1.82) is 0 Å². The summed E-state index contributed by atoms with van der Waals surface area (Å²) < 4.78 is 24.9. The van der Waals surface area contributed by atoms with Crippen LogP contribution in [-0.2, 0) is 10.0 Å². The molecule has 0 spiro atoms. The molecule has 1 heterocycles. The number of rotatable bonds is 4. The third-order valence-corrected chi connectivity index (χ3v) is 4.78. The van der Waals surface area contributed by atoms with E-state index in [1.807, 2.05) is 6.92 Å². The molecular formula is C9H20N2O2S. The van der Waals surface area contributed by atoms with Crippen molar-refractivity contribution in [3.8, 4) is 0 Å². The van der Waals surface area contributed by atoms with Crippen LogP contribution in [0, 0.1) is 0 Å². The lowest BCUT2D eigenvalue weighted by molar-refractivity contribution is 0.412. The molecule has 1 aliphatic rings. The van der Waals surface area contributed by atoms with Crippen LogP contribution in [0.1, 0.15) is 26.2 Å². The van der Waals surface area contributed by atoms with Gasteiger partial charge in [-0.1, -0.05) is 13.3 Å². The molecule has 0 aliphatic carbocycles. The Balaban J connectivity index is 2.49. The first-order valence-corrected chi connectivity index (χ1v) is 6.84. The lowest BCUT2D eigenvalue weighted by Crippen LogP contribution is -2.43. The summed E-state index contributed by atoms with van der Waals surface area (Å²) in [5, 5.41) is 3.25. The highest BCUT2D eigenvalue weighted by Crippen LogP contribution is 2.10. The second kappa shape index (κ2) is 5.09. The van der Waals surface area contributed by atoms with Crippen molar-refractivity contribution in [3.05, 3.63) is 0 Å². The van der Waals surface area contributed by atoms with Crippen molar-refractivity contribution in [2.75, 3.05) is 25.9 Å². The molecule has 0 aromatic carbocycles. The Hall–Kier alpha value is -0.130. The molecule has 0 radical (unpaired) electrons. The first-order chi connectivity index (χ1) is 6.56. The molecule has 0 aromatic rings. The standard InChI is InChI=1S/C9H20N2O2S/c1-3-11(2)14(12,13)8-9-6-4-5-7-10-9/h9-10H,3-8H2,1-2H3. The summed E-state index contributed by atoms with van der Waals surface area (Å²) in [7, 11) is -1.40. The summed E-state index contributed by atoms with van der Waals surface area (Å²) in [6.45, 7) is 3.36. The SMILES string of the molecule is CCN(C)S(=O)(=O)CC1CCCCN1. The van der Waals surface area contributed by atoms with E-state index in [0.717, 1.165) is 19.4 Å². The normalized spacial score (nSPS) is 24.1. The van der Waals surface area contributed by atoms with Gasteiger partial charge in [0.1, 0.15) is 0 Å². The van der Waals surface area contributed by atoms with E-state index < -0.39 is 10.0 Å². The van der Waals surface area contributed by atoms with Crippen molar-refractivity contribution in [1.82, 2.24) is 9.62 Å². The van der Waals surface area contributed by atoms with Gasteiger partial charge in [-0.3, -0.25) is 0 Å². The molecule has 14 heavy (non-hydrogen) atoms. The zero-order valence-corrected chi connectivity index (χ0v) is 9.81. The molecular weight excluding hydrogens is 200 g/mol. The largest absolute Gasteiger partial charge is 0.313 e. The van der Waals surface area contributed by atoms with E-state index in [9.17, 15) is 8.42 Å². The summed E-state index contributed by atoms with van der Waals surface area (Å²) >= 11 is 0. The highest BCUT2D eigenvalue weighted by Gasteiger charge is 2.23. The summed E-state index contributed by atoms with van der Waals surface area (Å²) in [5.74, 6) is 0.247. The van der Waals surface area contributed by atoms with Crippen molar-refractivity contribution in [2.45, 2.75) is 32.2 Å². The van der Waals surface area contributed by atoms with Gasteiger partial charge in [0.05, 0.1) is 5.75 Å². The van der Waals surface area contributed by atoms with Crippen LogP contribution in [0.2, 0.25) is 0 Å². The molecule has 1 saturated heterocycles. The van der Waals surface area contributed by atoms with Gasteiger partial charge >= 0.3 is 0 Å². The van der Waals surface area contributed by atoms with Gasteiger partial charge in [0, 0.05) is 19.6 Å². The maximum atomic E-state index is 11.7. The smallest absolute Gasteiger partial charge is 0.215 e. The average Bonchev–Trinajstić information content (AvgIpc) is 2.17. The quantitative estimate of drug-likeness (QED) is 0.746. The second-order valence-electron chi connectivity index (χ2n) is 3.84. The number of hydrogen-bond acceptors (Lipinski definition) is 3. The van der Waals surface area contributed by atoms with Crippen LogP contribution in [0.5, 0.6) is 0 Å². The molecule has 0 aromatic heterocycles. The van der Waals surface area contributed by atoms with E-state index >= 15 is 0 Å². The number of nitrogens with one attached hydrogen (secondary N) is 1. The second-order valence-corrected chi connectivity index (χ2v) is 5.96. The van der Waals surface area contributed by atoms with Crippen LogP contribution in [-0.4, -0.2) is 44.7 Å². The van der Waals surface area contributed by atoms with Gasteiger partial charge in [0.15, 0.2) is 0 Å². The van der Waals surface area contributed by atoms with Gasteiger partial charge in [-0.15, -0.1) is 0 Å². The molecule has 1 aliphatic heterocycles. The molecule has 1 N–H and O–H groups in total. The Morgan fingerprint density at radius 3 is 2.64 bits per heavy atom. The predicted molar refractivity (Wildman–Crippen MR) is 57.7 cm³/mol. The fourth-order valence-corrected chi connectivity index (χ4v) is 3.09. The number of nitrogens with zero attached hydrogens (tertiary/aromatic N) is 1. The Morgan fingerprint density at radius 1 is 1.43 bits per heavy atom. The maximum Gasteiger partial charge on any atom is 0.215 e. The van der Waals surface area contributed by atoms with E-state index in [0.29, 0.717) is 6.54 Å². The van der Waals surface area contributed by atoms with Crippen LogP contribution in [0.25, 0.3) is 0 Å². The first-order valence-electron chi connectivity index (χ1n) is 5.23. The Bertz CT molecular complexity index is 258. The maximum absolute atomic E-state index is 11.7. The fourth-order valence-electron chi connectivity index (χ4n) is 1.64. The Kier molecular flexibility index (Phi) is 4.34. The van der Waals surface area contributed by atoms with Crippen LogP contribution < -0.4 is 5.32 Å². The van der Waals surface area contributed by atoms with Crippen molar-refractivity contribution in [3.63, 3.8) is 0 Å². The predicted octanol–water partition coefficient (Wildman–Crippen LogP) is 0.410. The lowest BCUT2D eigenvalue weighted by atomic mass is 10.1. The van der Waals surface area contributed by atoms with E-state index in [1.54, 1.807) is 7.05 Å². The molecule has 1 unspecified atom stereocenters. The highest BCUT2D eigenvalue weighted by molar-refractivity contribution is 7.89. The minimum absolute atomic E-state index is 0.155. The van der Waals surface area contributed by atoms with Gasteiger partial charge < -0.3 is 5.32 Å².